The largest absolute Gasteiger partial charge is 0.496 e. The van der Waals surface area contributed by atoms with Crippen LogP contribution in [-0.4, -0.2) is 23.2 Å². The Kier molecular flexibility index (Phi) is 3.70. The number of rotatable bonds is 4. The first kappa shape index (κ1) is 12.9. The molecule has 0 aliphatic heterocycles. The molecule has 6 nitrogen and oxygen atoms in total. The van der Waals surface area contributed by atoms with E-state index >= 15 is 0 Å². The van der Waals surface area contributed by atoms with Gasteiger partial charge in [0.1, 0.15) is 11.6 Å². The summed E-state index contributed by atoms with van der Waals surface area (Å²) in [5.74, 6) is 0.775. The summed E-state index contributed by atoms with van der Waals surface area (Å²) in [5.41, 5.74) is 7.57. The van der Waals surface area contributed by atoms with E-state index < -0.39 is 0 Å². The number of nitrogens with zero attached hydrogens (tertiary/aromatic N) is 1. The molecule has 0 radical (unpaired) electrons. The highest BCUT2D eigenvalue weighted by Gasteiger charge is 2.14. The molecule has 6 heteroatoms. The maximum atomic E-state index is 12.2. The Hall–Kier alpha value is -2.50. The Bertz CT molecular complexity index is 592. The lowest BCUT2D eigenvalue weighted by Crippen LogP contribution is -2.14. The highest BCUT2D eigenvalue weighted by Crippen LogP contribution is 2.23. The van der Waals surface area contributed by atoms with E-state index in [1.165, 1.54) is 7.11 Å². The third-order valence-corrected chi connectivity index (χ3v) is 2.81. The van der Waals surface area contributed by atoms with Gasteiger partial charge in [-0.15, -0.1) is 0 Å². The lowest BCUT2D eigenvalue weighted by atomic mass is 10.1. The number of aromatic nitrogens is 2. The third kappa shape index (κ3) is 2.67. The fraction of sp³-hybridized carbons (Fsp3) is 0.231. The number of nitrogens with one attached hydrogen (secondary N) is 2. The molecule has 0 spiro atoms. The van der Waals surface area contributed by atoms with Crippen LogP contribution in [0.5, 0.6) is 5.75 Å². The van der Waals surface area contributed by atoms with Crippen molar-refractivity contribution in [2.75, 3.05) is 18.2 Å². The van der Waals surface area contributed by atoms with E-state index in [2.05, 4.69) is 15.5 Å². The van der Waals surface area contributed by atoms with E-state index in [1.54, 1.807) is 24.4 Å². The Labute approximate surface area is 111 Å². The number of amides is 1. The lowest BCUT2D eigenvalue weighted by Gasteiger charge is -2.09. The van der Waals surface area contributed by atoms with Gasteiger partial charge in [0.15, 0.2) is 0 Å². The van der Waals surface area contributed by atoms with Crippen molar-refractivity contribution in [1.29, 1.82) is 0 Å². The summed E-state index contributed by atoms with van der Waals surface area (Å²) in [6.45, 7) is 1.99. The van der Waals surface area contributed by atoms with Gasteiger partial charge in [-0.3, -0.25) is 9.89 Å². The predicted octanol–water partition coefficient (Wildman–Crippen LogP) is 1.82. The molecule has 100 valence electrons. The molecule has 0 bridgehead atoms. The molecule has 0 unspecified atom stereocenters. The van der Waals surface area contributed by atoms with Gasteiger partial charge in [-0.25, -0.2) is 0 Å². The first-order chi connectivity index (χ1) is 9.15. The zero-order chi connectivity index (χ0) is 13.8. The van der Waals surface area contributed by atoms with E-state index in [0.29, 0.717) is 22.8 Å². The van der Waals surface area contributed by atoms with Gasteiger partial charge in [0.05, 0.1) is 18.9 Å². The van der Waals surface area contributed by atoms with Crippen molar-refractivity contribution in [1.82, 2.24) is 10.2 Å². The zero-order valence-corrected chi connectivity index (χ0v) is 10.9. The molecule has 1 heterocycles. The van der Waals surface area contributed by atoms with Crippen molar-refractivity contribution in [3.63, 3.8) is 0 Å². The topological polar surface area (TPSA) is 93.0 Å². The number of ether oxygens (including phenoxy) is 1. The number of carbonyl (C=O) groups excluding carboxylic acids is 1. The predicted molar refractivity (Wildman–Crippen MR) is 73.3 cm³/mol. The number of hydrogen-bond acceptors (Lipinski definition) is 4. The van der Waals surface area contributed by atoms with E-state index in [0.717, 1.165) is 12.0 Å². The van der Waals surface area contributed by atoms with Crippen LogP contribution < -0.4 is 15.8 Å². The molecule has 0 aliphatic rings. The number of aromatic amines is 1. The van der Waals surface area contributed by atoms with Crippen LogP contribution >= 0.6 is 0 Å². The molecule has 1 aromatic carbocycles. The van der Waals surface area contributed by atoms with Crippen molar-refractivity contribution in [3.05, 3.63) is 35.5 Å². The van der Waals surface area contributed by atoms with Crippen LogP contribution in [0.2, 0.25) is 0 Å². The molecule has 0 saturated heterocycles. The van der Waals surface area contributed by atoms with Gasteiger partial charge in [0.25, 0.3) is 5.91 Å². The number of hydrogen-bond donors (Lipinski definition) is 3. The average Bonchev–Trinajstić information content (AvgIpc) is 2.85. The molecule has 0 atom stereocenters. The van der Waals surface area contributed by atoms with Crippen molar-refractivity contribution in [3.8, 4) is 5.75 Å². The van der Waals surface area contributed by atoms with Gasteiger partial charge >= 0.3 is 0 Å². The number of anilines is 2. The van der Waals surface area contributed by atoms with Crippen molar-refractivity contribution in [2.45, 2.75) is 13.3 Å². The highest BCUT2D eigenvalue weighted by molar-refractivity contribution is 6.06. The quantitative estimate of drug-likeness (QED) is 0.731. The normalized spacial score (nSPS) is 10.2. The summed E-state index contributed by atoms with van der Waals surface area (Å²) in [6.07, 6.45) is 2.47. The standard InChI is InChI=1S/C13H16N4O2/c1-3-8-7-15-17-12(8)16-13(18)10-5-4-9(14)6-11(10)19-2/h4-7H,3,14H2,1-2H3,(H2,15,16,17,18). The second-order valence-electron chi connectivity index (χ2n) is 4.04. The molecule has 4 N–H and O–H groups in total. The summed E-state index contributed by atoms with van der Waals surface area (Å²) in [6, 6.07) is 4.90. The van der Waals surface area contributed by atoms with Crippen LogP contribution in [0, 0.1) is 0 Å². The van der Waals surface area contributed by atoms with Crippen LogP contribution in [0.15, 0.2) is 24.4 Å². The van der Waals surface area contributed by atoms with Gasteiger partial charge in [-0.05, 0) is 18.6 Å². The molecule has 0 fully saturated rings. The van der Waals surface area contributed by atoms with E-state index in [1.807, 2.05) is 6.92 Å². The number of nitrogens with two attached hydrogens (primary N) is 1. The van der Waals surface area contributed by atoms with E-state index in [9.17, 15) is 4.79 Å². The number of carbonyl (C=O) groups is 1. The number of aryl methyl sites for hydroxylation is 1. The lowest BCUT2D eigenvalue weighted by molar-refractivity contribution is 0.102. The van der Waals surface area contributed by atoms with E-state index in [4.69, 9.17) is 10.5 Å². The van der Waals surface area contributed by atoms with Crippen molar-refractivity contribution < 1.29 is 9.53 Å². The first-order valence-electron chi connectivity index (χ1n) is 5.92. The van der Waals surface area contributed by atoms with Gasteiger partial charge in [0, 0.05) is 17.3 Å². The minimum Gasteiger partial charge on any atom is -0.496 e. The summed E-state index contributed by atoms with van der Waals surface area (Å²) >= 11 is 0. The summed E-state index contributed by atoms with van der Waals surface area (Å²) in [4.78, 5) is 12.2. The Morgan fingerprint density at radius 2 is 2.32 bits per heavy atom. The highest BCUT2D eigenvalue weighted by atomic mass is 16.5. The van der Waals surface area contributed by atoms with Gasteiger partial charge < -0.3 is 15.8 Å². The number of nitrogen functional groups attached to an aromatic ring is 1. The number of H-pyrrole nitrogens is 1. The fourth-order valence-electron chi connectivity index (χ4n) is 1.76. The summed E-state index contributed by atoms with van der Waals surface area (Å²) in [5, 5.41) is 9.44. The van der Waals surface area contributed by atoms with Crippen molar-refractivity contribution >= 4 is 17.4 Å². The van der Waals surface area contributed by atoms with Crippen LogP contribution in [0.1, 0.15) is 22.8 Å². The second-order valence-corrected chi connectivity index (χ2v) is 4.04. The Morgan fingerprint density at radius 1 is 1.53 bits per heavy atom. The van der Waals surface area contributed by atoms with Crippen LogP contribution in [0.3, 0.4) is 0 Å². The maximum Gasteiger partial charge on any atom is 0.260 e. The molecule has 0 aliphatic carbocycles. The molecule has 1 aromatic heterocycles. The Morgan fingerprint density at radius 3 is 3.00 bits per heavy atom. The molecule has 19 heavy (non-hydrogen) atoms. The minimum absolute atomic E-state index is 0.268. The molecule has 0 saturated carbocycles. The summed E-state index contributed by atoms with van der Waals surface area (Å²) in [7, 11) is 1.50. The molecule has 2 aromatic rings. The van der Waals surface area contributed by atoms with Gasteiger partial charge in [0.2, 0.25) is 0 Å². The third-order valence-electron chi connectivity index (χ3n) is 2.81. The van der Waals surface area contributed by atoms with Crippen LogP contribution in [0.4, 0.5) is 11.5 Å². The minimum atomic E-state index is -0.268. The molecular weight excluding hydrogens is 244 g/mol. The number of benzene rings is 1. The van der Waals surface area contributed by atoms with Crippen molar-refractivity contribution in [2.24, 2.45) is 0 Å². The first-order valence-corrected chi connectivity index (χ1v) is 5.92. The van der Waals surface area contributed by atoms with Gasteiger partial charge in [-0.1, -0.05) is 6.92 Å². The molecular formula is C13H16N4O2. The SMILES string of the molecule is CCc1cn[nH]c1NC(=O)c1ccc(N)cc1OC. The molecule has 2 rings (SSSR count). The fourth-order valence-corrected chi connectivity index (χ4v) is 1.76. The zero-order valence-electron chi connectivity index (χ0n) is 10.9. The van der Waals surface area contributed by atoms with E-state index in [-0.39, 0.29) is 5.91 Å². The number of methoxy groups -OCH3 is 1. The second kappa shape index (κ2) is 5.43. The monoisotopic (exact) mass is 260 g/mol. The summed E-state index contributed by atoms with van der Waals surface area (Å²) < 4.78 is 5.16. The average molecular weight is 260 g/mol. The smallest absolute Gasteiger partial charge is 0.260 e. The van der Waals surface area contributed by atoms with Gasteiger partial charge in [-0.2, -0.15) is 5.10 Å². The molecule has 1 amide bonds. The van der Waals surface area contributed by atoms with Crippen LogP contribution in [-0.2, 0) is 6.42 Å². The maximum absolute atomic E-state index is 12.2. The Balaban J connectivity index is 2.25. The van der Waals surface area contributed by atoms with Crippen LogP contribution in [0.25, 0.3) is 0 Å².